The maximum Gasteiger partial charge on any atom is 0.0868 e. The van der Waals surface area contributed by atoms with Crippen molar-refractivity contribution < 1.29 is 19.2 Å². The minimum atomic E-state index is -2.82. The van der Waals surface area contributed by atoms with E-state index >= 15 is 0 Å². The minimum absolute atomic E-state index is 0.00986. The third-order valence-corrected chi connectivity index (χ3v) is 8.95. The fourth-order valence-corrected chi connectivity index (χ4v) is 7.45. The summed E-state index contributed by atoms with van der Waals surface area (Å²) < 4.78 is 25.4. The van der Waals surface area contributed by atoms with Crippen LogP contribution < -0.4 is 0 Å². The normalized spacial score (nSPS) is 33.3. The highest BCUT2D eigenvalue weighted by Gasteiger charge is 2.55. The van der Waals surface area contributed by atoms with Crippen molar-refractivity contribution in [1.82, 2.24) is 0 Å². The largest absolute Gasteiger partial charge is 0.394 e. The fraction of sp³-hybridized carbons (Fsp3) is 0.727. The van der Waals surface area contributed by atoms with Gasteiger partial charge in [-0.1, -0.05) is 44.4 Å². The van der Waals surface area contributed by atoms with E-state index in [0.717, 1.165) is 31.2 Å². The van der Waals surface area contributed by atoms with Crippen LogP contribution in [-0.4, -0.2) is 50.6 Å². The van der Waals surface area contributed by atoms with Gasteiger partial charge in [-0.2, -0.15) is 0 Å². The number of aliphatic hydroxyl groups excluding tert-OH is 2. The maximum absolute atomic E-state index is 14.4. The molecule has 1 saturated heterocycles. The van der Waals surface area contributed by atoms with Crippen LogP contribution in [0.25, 0.3) is 0 Å². The van der Waals surface area contributed by atoms with E-state index in [1.165, 1.54) is 0 Å². The van der Waals surface area contributed by atoms with Gasteiger partial charge in [0.2, 0.25) is 0 Å². The molecule has 1 heterocycles. The summed E-state index contributed by atoms with van der Waals surface area (Å²) >= 11 is 0. The summed E-state index contributed by atoms with van der Waals surface area (Å²) in [4.78, 5) is 0.688. The first-order valence-corrected chi connectivity index (χ1v) is 12.2. The summed E-state index contributed by atoms with van der Waals surface area (Å²) in [6.07, 6.45) is 2.97. The van der Waals surface area contributed by atoms with Gasteiger partial charge in [0.25, 0.3) is 0 Å². The molecular formula is C22H35NO4S. The molecule has 2 N–H and O–H groups in total. The van der Waals surface area contributed by atoms with Crippen LogP contribution in [0.2, 0.25) is 0 Å². The molecule has 1 unspecified atom stereocenters. The Morgan fingerprint density at radius 3 is 2.57 bits per heavy atom. The van der Waals surface area contributed by atoms with Gasteiger partial charge in [0.05, 0.1) is 45.9 Å². The lowest BCUT2D eigenvalue weighted by atomic mass is 9.75. The van der Waals surface area contributed by atoms with E-state index in [1.807, 2.05) is 52.0 Å². The van der Waals surface area contributed by atoms with Crippen LogP contribution in [0.15, 0.2) is 33.5 Å². The minimum Gasteiger partial charge on any atom is -0.394 e. The Bertz CT molecular complexity index is 784. The molecule has 6 atom stereocenters. The zero-order chi connectivity index (χ0) is 20.5. The number of nitrogens with zero attached hydrogens (tertiary/aromatic N) is 1. The molecule has 1 aliphatic carbocycles. The summed E-state index contributed by atoms with van der Waals surface area (Å²) in [5.41, 5.74) is 0.488. The Hall–Kier alpha value is -0.950. The molecule has 0 amide bonds. The van der Waals surface area contributed by atoms with E-state index < -0.39 is 27.5 Å². The van der Waals surface area contributed by atoms with Crippen LogP contribution in [0.5, 0.6) is 0 Å². The molecule has 2 aliphatic rings. The van der Waals surface area contributed by atoms with Gasteiger partial charge < -0.3 is 14.9 Å². The van der Waals surface area contributed by atoms with Gasteiger partial charge in [-0.15, -0.1) is 0 Å². The Labute approximate surface area is 169 Å². The molecule has 0 spiro atoms. The van der Waals surface area contributed by atoms with Crippen LogP contribution in [0.3, 0.4) is 0 Å². The molecule has 2 fully saturated rings. The lowest BCUT2D eigenvalue weighted by Gasteiger charge is -2.39. The standard InChI is InChI=1S/C22H35NO4S/c1-15(2)20(13-24)23-28(26,18-10-8-16(3)9-11-18)14-22-12-6-5-7-19(22)21(25)17(4)27-22/h8-11,15,17,19-21,24-25H,5-7,12-14H2,1-4H3/t17-,19-,20+,21-,22+,28?/m1/s1. The second kappa shape index (κ2) is 8.42. The van der Waals surface area contributed by atoms with Crippen LogP contribution in [-0.2, 0) is 14.5 Å². The van der Waals surface area contributed by atoms with Gasteiger partial charge in [-0.25, -0.2) is 8.57 Å². The van der Waals surface area contributed by atoms with E-state index in [1.54, 1.807) is 0 Å². The number of ether oxygens (including phenoxy) is 1. The Balaban J connectivity index is 2.08. The summed E-state index contributed by atoms with van der Waals surface area (Å²) in [6.45, 7) is 7.75. The van der Waals surface area contributed by atoms with Crippen molar-refractivity contribution >= 4 is 9.73 Å². The molecule has 0 bridgehead atoms. The topological polar surface area (TPSA) is 79.1 Å². The molecule has 0 radical (unpaired) electrons. The first-order valence-electron chi connectivity index (χ1n) is 10.5. The first-order chi connectivity index (χ1) is 13.2. The van der Waals surface area contributed by atoms with E-state index in [2.05, 4.69) is 0 Å². The SMILES string of the molecule is Cc1ccc(S(=O)(C[C@@]23CCCC[C@@H]2[C@H](O)[C@@H](C)O3)=N[C@@H](CO)C(C)C)cc1. The Morgan fingerprint density at radius 2 is 1.96 bits per heavy atom. The molecule has 5 nitrogen and oxygen atoms in total. The predicted molar refractivity (Wildman–Crippen MR) is 112 cm³/mol. The number of hydrogen-bond acceptors (Lipinski definition) is 5. The smallest absolute Gasteiger partial charge is 0.0868 e. The van der Waals surface area contributed by atoms with Crippen LogP contribution in [0.1, 0.15) is 52.0 Å². The molecule has 1 aliphatic heterocycles. The van der Waals surface area contributed by atoms with Crippen molar-refractivity contribution in [2.45, 2.75) is 82.1 Å². The number of rotatable bonds is 6. The van der Waals surface area contributed by atoms with Gasteiger partial charge in [-0.05, 0) is 44.7 Å². The van der Waals surface area contributed by atoms with Gasteiger partial charge >= 0.3 is 0 Å². The fourth-order valence-electron chi connectivity index (χ4n) is 4.69. The summed E-state index contributed by atoms with van der Waals surface area (Å²) in [6, 6.07) is 7.29. The molecule has 1 aromatic carbocycles. The third kappa shape index (κ3) is 4.16. The zero-order valence-electron chi connectivity index (χ0n) is 17.5. The van der Waals surface area contributed by atoms with Gasteiger partial charge in [0.15, 0.2) is 0 Å². The van der Waals surface area contributed by atoms with E-state index in [4.69, 9.17) is 9.10 Å². The molecule has 1 aromatic rings. The number of aryl methyl sites for hydroxylation is 1. The number of aliphatic hydroxyl groups is 2. The molecule has 158 valence electrons. The van der Waals surface area contributed by atoms with Crippen molar-refractivity contribution in [3.8, 4) is 0 Å². The van der Waals surface area contributed by atoms with Crippen LogP contribution in [0, 0.1) is 18.8 Å². The van der Waals surface area contributed by atoms with Crippen molar-refractivity contribution in [2.75, 3.05) is 12.4 Å². The lowest BCUT2D eigenvalue weighted by Crippen LogP contribution is -2.46. The number of benzene rings is 1. The molecule has 3 rings (SSSR count). The molecule has 0 aromatic heterocycles. The second-order valence-corrected chi connectivity index (χ2v) is 11.2. The highest BCUT2D eigenvalue weighted by Crippen LogP contribution is 2.47. The Morgan fingerprint density at radius 1 is 1.29 bits per heavy atom. The van der Waals surface area contributed by atoms with E-state index in [9.17, 15) is 14.4 Å². The van der Waals surface area contributed by atoms with Gasteiger partial charge in [0, 0.05) is 10.8 Å². The average Bonchev–Trinajstić information content (AvgIpc) is 2.90. The monoisotopic (exact) mass is 409 g/mol. The summed E-state index contributed by atoms with van der Waals surface area (Å²) in [5, 5.41) is 20.5. The zero-order valence-corrected chi connectivity index (χ0v) is 18.3. The van der Waals surface area contributed by atoms with Gasteiger partial charge in [0.1, 0.15) is 0 Å². The van der Waals surface area contributed by atoms with Gasteiger partial charge in [-0.3, -0.25) is 0 Å². The van der Waals surface area contributed by atoms with Crippen molar-refractivity contribution in [3.63, 3.8) is 0 Å². The predicted octanol–water partition coefficient (Wildman–Crippen LogP) is 3.55. The maximum atomic E-state index is 14.4. The van der Waals surface area contributed by atoms with Crippen LogP contribution >= 0.6 is 0 Å². The summed E-state index contributed by atoms with van der Waals surface area (Å²) in [7, 11) is -2.82. The van der Waals surface area contributed by atoms with Crippen LogP contribution in [0.4, 0.5) is 0 Å². The number of hydrogen-bond donors (Lipinski definition) is 2. The van der Waals surface area contributed by atoms with Crippen molar-refractivity contribution in [3.05, 3.63) is 29.8 Å². The molecule has 1 saturated carbocycles. The third-order valence-electron chi connectivity index (χ3n) is 6.45. The van der Waals surface area contributed by atoms with Crippen molar-refractivity contribution in [1.29, 1.82) is 0 Å². The summed E-state index contributed by atoms with van der Waals surface area (Å²) in [5.74, 6) is 0.354. The number of fused-ring (bicyclic) bond motifs is 1. The first kappa shape index (κ1) is 21.8. The van der Waals surface area contributed by atoms with E-state index in [-0.39, 0.29) is 30.3 Å². The highest BCUT2D eigenvalue weighted by molar-refractivity contribution is 7.93. The molecule has 28 heavy (non-hydrogen) atoms. The highest BCUT2D eigenvalue weighted by atomic mass is 32.2. The Kier molecular flexibility index (Phi) is 6.54. The second-order valence-electron chi connectivity index (χ2n) is 8.93. The van der Waals surface area contributed by atoms with E-state index in [0.29, 0.717) is 4.90 Å². The van der Waals surface area contributed by atoms with Crippen molar-refractivity contribution in [2.24, 2.45) is 16.2 Å². The quantitative estimate of drug-likeness (QED) is 0.753. The lowest BCUT2D eigenvalue weighted by molar-refractivity contribution is -0.0547. The molecule has 6 heteroatoms. The average molecular weight is 410 g/mol. The molecular weight excluding hydrogens is 374 g/mol.